The molecular weight excluding hydrogens is 284 g/mol. The average molecular weight is 297 g/mol. The molecule has 2 N–H and O–H groups in total. The van der Waals surface area contributed by atoms with E-state index in [2.05, 4.69) is 20.6 Å². The van der Waals surface area contributed by atoms with Crippen LogP contribution in [0.5, 0.6) is 0 Å². The van der Waals surface area contributed by atoms with Crippen molar-refractivity contribution in [3.05, 3.63) is 39.4 Å². The minimum atomic E-state index is -0.293. The Morgan fingerprint density at radius 2 is 2.32 bits per heavy atom. The van der Waals surface area contributed by atoms with E-state index in [0.717, 1.165) is 11.4 Å². The van der Waals surface area contributed by atoms with Gasteiger partial charge in [0.05, 0.1) is 17.1 Å². The number of nitrogens with zero attached hydrogens (tertiary/aromatic N) is 2. The molecule has 0 fully saturated rings. The van der Waals surface area contributed by atoms with Crippen LogP contribution >= 0.6 is 22.9 Å². The third-order valence-corrected chi connectivity index (χ3v) is 3.41. The number of halogens is 1. The lowest BCUT2D eigenvalue weighted by atomic mass is 10.3. The highest BCUT2D eigenvalue weighted by molar-refractivity contribution is 7.09. The number of aromatic nitrogens is 2. The van der Waals surface area contributed by atoms with Gasteiger partial charge in [-0.15, -0.1) is 11.3 Å². The molecule has 1 amide bonds. The van der Waals surface area contributed by atoms with Crippen LogP contribution in [-0.2, 0) is 6.54 Å². The molecule has 5 nitrogen and oxygen atoms in total. The lowest BCUT2D eigenvalue weighted by Crippen LogP contribution is -2.24. The SMILES string of the molecule is CCNc1ccc(Cl)c(C(=O)NCc2cncs2)n1. The predicted molar refractivity (Wildman–Crippen MR) is 76.7 cm³/mol. The lowest BCUT2D eigenvalue weighted by Gasteiger charge is -2.07. The van der Waals surface area contributed by atoms with E-state index in [-0.39, 0.29) is 11.6 Å². The predicted octanol–water partition coefficient (Wildman–Crippen LogP) is 2.55. The summed E-state index contributed by atoms with van der Waals surface area (Å²) in [5, 5.41) is 6.15. The minimum absolute atomic E-state index is 0.227. The fourth-order valence-electron chi connectivity index (χ4n) is 1.46. The van der Waals surface area contributed by atoms with Gasteiger partial charge in [-0.2, -0.15) is 0 Å². The second-order valence-corrected chi connectivity index (χ2v) is 5.09. The molecule has 0 aromatic carbocycles. The van der Waals surface area contributed by atoms with Crippen LogP contribution in [0.1, 0.15) is 22.3 Å². The van der Waals surface area contributed by atoms with E-state index in [0.29, 0.717) is 17.4 Å². The van der Waals surface area contributed by atoms with Crippen molar-refractivity contribution in [3.8, 4) is 0 Å². The van der Waals surface area contributed by atoms with E-state index in [1.807, 2.05) is 6.92 Å². The van der Waals surface area contributed by atoms with Gasteiger partial charge in [-0.1, -0.05) is 11.6 Å². The molecule has 0 radical (unpaired) electrons. The molecule has 2 aromatic heterocycles. The number of carbonyl (C=O) groups excluding carboxylic acids is 1. The summed E-state index contributed by atoms with van der Waals surface area (Å²) in [7, 11) is 0. The molecule has 2 aromatic rings. The Kier molecular flexibility index (Phi) is 4.70. The summed E-state index contributed by atoms with van der Waals surface area (Å²) in [5.41, 5.74) is 1.95. The van der Waals surface area contributed by atoms with Gasteiger partial charge in [0, 0.05) is 17.6 Å². The van der Waals surface area contributed by atoms with Gasteiger partial charge in [0.25, 0.3) is 5.91 Å². The van der Waals surface area contributed by atoms with Gasteiger partial charge in [0.2, 0.25) is 0 Å². The van der Waals surface area contributed by atoms with Crippen molar-refractivity contribution < 1.29 is 4.79 Å². The zero-order chi connectivity index (χ0) is 13.7. The van der Waals surface area contributed by atoms with Crippen LogP contribution in [0.25, 0.3) is 0 Å². The summed E-state index contributed by atoms with van der Waals surface area (Å²) in [6.07, 6.45) is 1.72. The van der Waals surface area contributed by atoms with E-state index in [9.17, 15) is 4.79 Å². The van der Waals surface area contributed by atoms with Crippen molar-refractivity contribution in [2.45, 2.75) is 13.5 Å². The molecule has 0 aliphatic carbocycles. The first-order chi connectivity index (χ1) is 9.20. The Labute approximate surface area is 120 Å². The maximum absolute atomic E-state index is 12.0. The van der Waals surface area contributed by atoms with Crippen LogP contribution in [0, 0.1) is 0 Å². The number of nitrogens with one attached hydrogen (secondary N) is 2. The summed E-state index contributed by atoms with van der Waals surface area (Å²) < 4.78 is 0. The number of rotatable bonds is 5. The average Bonchev–Trinajstić information content (AvgIpc) is 2.92. The number of carbonyl (C=O) groups is 1. The molecule has 0 spiro atoms. The van der Waals surface area contributed by atoms with Gasteiger partial charge in [-0.25, -0.2) is 4.98 Å². The Morgan fingerprint density at radius 1 is 1.47 bits per heavy atom. The molecule has 0 saturated carbocycles. The van der Waals surface area contributed by atoms with E-state index < -0.39 is 0 Å². The van der Waals surface area contributed by atoms with Crippen LogP contribution in [0.2, 0.25) is 5.02 Å². The number of anilines is 1. The molecule has 19 heavy (non-hydrogen) atoms. The number of hydrogen-bond donors (Lipinski definition) is 2. The van der Waals surface area contributed by atoms with E-state index in [1.165, 1.54) is 11.3 Å². The van der Waals surface area contributed by atoms with Crippen molar-refractivity contribution in [2.24, 2.45) is 0 Å². The summed E-state index contributed by atoms with van der Waals surface area (Å²) >= 11 is 7.48. The number of amides is 1. The van der Waals surface area contributed by atoms with Gasteiger partial charge in [-0.05, 0) is 19.1 Å². The van der Waals surface area contributed by atoms with Gasteiger partial charge in [0.1, 0.15) is 11.5 Å². The summed E-state index contributed by atoms with van der Waals surface area (Å²) in [4.78, 5) is 21.1. The van der Waals surface area contributed by atoms with Gasteiger partial charge >= 0.3 is 0 Å². The fourth-order valence-corrected chi connectivity index (χ4v) is 2.19. The highest BCUT2D eigenvalue weighted by Gasteiger charge is 2.13. The van der Waals surface area contributed by atoms with Gasteiger partial charge in [-0.3, -0.25) is 9.78 Å². The number of thiazole rings is 1. The third kappa shape index (κ3) is 3.65. The Bertz CT molecular complexity index is 559. The lowest BCUT2D eigenvalue weighted by molar-refractivity contribution is 0.0946. The van der Waals surface area contributed by atoms with E-state index in [4.69, 9.17) is 11.6 Å². The van der Waals surface area contributed by atoms with Crippen molar-refractivity contribution in [3.63, 3.8) is 0 Å². The molecule has 2 rings (SSSR count). The van der Waals surface area contributed by atoms with Crippen LogP contribution in [0.15, 0.2) is 23.8 Å². The molecule has 7 heteroatoms. The minimum Gasteiger partial charge on any atom is -0.370 e. The normalized spacial score (nSPS) is 10.2. The Hall–Kier alpha value is -1.66. The molecule has 0 atom stereocenters. The number of hydrogen-bond acceptors (Lipinski definition) is 5. The van der Waals surface area contributed by atoms with E-state index >= 15 is 0 Å². The molecular formula is C12H13ClN4OS. The van der Waals surface area contributed by atoms with Gasteiger partial charge < -0.3 is 10.6 Å². The van der Waals surface area contributed by atoms with Crippen LogP contribution in [0.4, 0.5) is 5.82 Å². The van der Waals surface area contributed by atoms with Crippen LogP contribution in [0.3, 0.4) is 0 Å². The molecule has 100 valence electrons. The molecule has 0 saturated heterocycles. The second-order valence-electron chi connectivity index (χ2n) is 3.71. The zero-order valence-corrected chi connectivity index (χ0v) is 11.9. The van der Waals surface area contributed by atoms with Crippen LogP contribution in [-0.4, -0.2) is 22.4 Å². The maximum Gasteiger partial charge on any atom is 0.271 e. The molecule has 0 bridgehead atoms. The smallest absolute Gasteiger partial charge is 0.271 e. The van der Waals surface area contributed by atoms with Crippen molar-refractivity contribution in [1.29, 1.82) is 0 Å². The molecule has 0 aliphatic heterocycles. The standard InChI is InChI=1S/C12H13ClN4OS/c1-2-15-10-4-3-9(13)11(17-10)12(18)16-6-8-5-14-7-19-8/h3-5,7H,2,6H2,1H3,(H,15,17)(H,16,18). The van der Waals surface area contributed by atoms with Gasteiger partial charge in [0.15, 0.2) is 0 Å². The highest BCUT2D eigenvalue weighted by Crippen LogP contribution is 2.17. The van der Waals surface area contributed by atoms with E-state index in [1.54, 1.807) is 23.8 Å². The number of pyridine rings is 1. The molecule has 2 heterocycles. The largest absolute Gasteiger partial charge is 0.370 e. The third-order valence-electron chi connectivity index (χ3n) is 2.33. The molecule has 0 aliphatic rings. The first kappa shape index (κ1) is 13.8. The highest BCUT2D eigenvalue weighted by atomic mass is 35.5. The molecule has 0 unspecified atom stereocenters. The topological polar surface area (TPSA) is 66.9 Å². The zero-order valence-electron chi connectivity index (χ0n) is 10.3. The maximum atomic E-state index is 12.0. The monoisotopic (exact) mass is 296 g/mol. The Morgan fingerprint density at radius 3 is 3.00 bits per heavy atom. The summed E-state index contributed by atoms with van der Waals surface area (Å²) in [5.74, 6) is 0.341. The summed E-state index contributed by atoms with van der Waals surface area (Å²) in [6.45, 7) is 3.11. The quantitative estimate of drug-likeness (QED) is 0.890. The first-order valence-electron chi connectivity index (χ1n) is 5.76. The fraction of sp³-hybridized carbons (Fsp3) is 0.250. The summed E-state index contributed by atoms with van der Waals surface area (Å²) in [6, 6.07) is 3.40. The van der Waals surface area contributed by atoms with Crippen molar-refractivity contribution in [2.75, 3.05) is 11.9 Å². The second kappa shape index (κ2) is 6.49. The van der Waals surface area contributed by atoms with Crippen LogP contribution < -0.4 is 10.6 Å². The van der Waals surface area contributed by atoms with Crippen molar-refractivity contribution >= 4 is 34.7 Å². The first-order valence-corrected chi connectivity index (χ1v) is 7.02. The Balaban J connectivity index is 2.07. The van der Waals surface area contributed by atoms with Crippen molar-refractivity contribution in [1.82, 2.24) is 15.3 Å².